The number of nitrogens with one attached hydrogen (secondary N) is 2. The van der Waals surface area contributed by atoms with Gasteiger partial charge in [0.2, 0.25) is 0 Å². The Hall–Kier alpha value is -3.39. The number of aromatic amines is 1. The van der Waals surface area contributed by atoms with E-state index in [0.29, 0.717) is 18.5 Å². The molecule has 1 amide bonds. The van der Waals surface area contributed by atoms with Gasteiger partial charge in [0.05, 0.1) is 0 Å². The normalized spacial score (nSPS) is 11.3. The number of hydrogen-bond acceptors (Lipinski definition) is 2. The molecule has 2 aromatic carbocycles. The molecule has 0 atom stereocenters. The number of aromatic nitrogens is 1. The Labute approximate surface area is 144 Å². The van der Waals surface area contributed by atoms with E-state index in [1.54, 1.807) is 6.07 Å². The number of nitrogens with zero attached hydrogens (tertiary/aromatic N) is 1. The average molecular weight is 333 g/mol. The molecule has 25 heavy (non-hydrogen) atoms. The summed E-state index contributed by atoms with van der Waals surface area (Å²) in [7, 11) is 0. The zero-order valence-corrected chi connectivity index (χ0v) is 13.4. The fourth-order valence-corrected chi connectivity index (χ4v) is 2.66. The van der Waals surface area contributed by atoms with Crippen molar-refractivity contribution in [3.8, 4) is 6.07 Å². The maximum absolute atomic E-state index is 13.2. The monoisotopic (exact) mass is 333 g/mol. The highest BCUT2D eigenvalue weighted by atomic mass is 19.1. The first-order valence-electron chi connectivity index (χ1n) is 7.88. The topological polar surface area (TPSA) is 68.7 Å². The Balaban J connectivity index is 1.64. The molecule has 0 unspecified atom stereocenters. The zero-order valence-electron chi connectivity index (χ0n) is 13.4. The molecule has 5 heteroatoms. The van der Waals surface area contributed by atoms with E-state index < -0.39 is 11.7 Å². The molecule has 0 aliphatic carbocycles. The second kappa shape index (κ2) is 7.45. The summed E-state index contributed by atoms with van der Waals surface area (Å²) in [6.45, 7) is 0.406. The number of carbonyl (C=O) groups excluding carboxylic acids is 1. The standard InChI is InChI=1S/C20H16FN3O/c21-17-5-3-4-14(11-17)10-16(12-22)20(25)23-9-8-15-13-24-19-7-2-1-6-18(15)19/h1-7,10-11,13,24H,8-9H2,(H,23,25)/b16-10-. The second-order valence-electron chi connectivity index (χ2n) is 5.59. The number of carbonyl (C=O) groups is 1. The molecule has 0 spiro atoms. The number of hydrogen-bond donors (Lipinski definition) is 2. The van der Waals surface area contributed by atoms with E-state index in [-0.39, 0.29) is 5.57 Å². The summed E-state index contributed by atoms with van der Waals surface area (Å²) in [6, 6.07) is 15.6. The summed E-state index contributed by atoms with van der Waals surface area (Å²) in [5.41, 5.74) is 2.57. The smallest absolute Gasteiger partial charge is 0.261 e. The lowest BCUT2D eigenvalue weighted by Crippen LogP contribution is -2.26. The van der Waals surface area contributed by atoms with Crippen LogP contribution in [0.4, 0.5) is 4.39 Å². The van der Waals surface area contributed by atoms with E-state index in [1.807, 2.05) is 36.5 Å². The zero-order chi connectivity index (χ0) is 17.6. The summed E-state index contributed by atoms with van der Waals surface area (Å²) in [4.78, 5) is 15.3. The maximum Gasteiger partial charge on any atom is 0.261 e. The SMILES string of the molecule is N#C/C(=C/c1cccc(F)c1)C(=O)NCCc1c[nH]c2ccccc12. The lowest BCUT2D eigenvalue weighted by molar-refractivity contribution is -0.117. The predicted octanol–water partition coefficient (Wildman–Crippen LogP) is 3.57. The van der Waals surface area contributed by atoms with Gasteiger partial charge in [0, 0.05) is 23.6 Å². The first kappa shape index (κ1) is 16.5. The van der Waals surface area contributed by atoms with E-state index in [0.717, 1.165) is 16.5 Å². The van der Waals surface area contributed by atoms with Crippen molar-refractivity contribution in [2.75, 3.05) is 6.54 Å². The minimum absolute atomic E-state index is 0.0514. The van der Waals surface area contributed by atoms with E-state index in [1.165, 1.54) is 24.3 Å². The van der Waals surface area contributed by atoms with Crippen LogP contribution in [-0.4, -0.2) is 17.4 Å². The molecule has 4 nitrogen and oxygen atoms in total. The molecule has 3 rings (SSSR count). The van der Waals surface area contributed by atoms with Crippen LogP contribution < -0.4 is 5.32 Å². The van der Waals surface area contributed by atoms with Crippen molar-refractivity contribution in [3.63, 3.8) is 0 Å². The molecule has 2 N–H and O–H groups in total. The first-order chi connectivity index (χ1) is 12.2. The van der Waals surface area contributed by atoms with Crippen LogP contribution in [0, 0.1) is 17.1 Å². The van der Waals surface area contributed by atoms with Crippen LogP contribution in [0.5, 0.6) is 0 Å². The highest BCUT2D eigenvalue weighted by Crippen LogP contribution is 2.17. The Kier molecular flexibility index (Phi) is 4.91. The fraction of sp³-hybridized carbons (Fsp3) is 0.100. The van der Waals surface area contributed by atoms with Crippen LogP contribution in [-0.2, 0) is 11.2 Å². The summed E-state index contributed by atoms with van der Waals surface area (Å²) < 4.78 is 13.2. The number of nitriles is 1. The number of fused-ring (bicyclic) bond motifs is 1. The molecule has 0 aliphatic rings. The number of rotatable bonds is 5. The van der Waals surface area contributed by atoms with Gasteiger partial charge in [0.25, 0.3) is 5.91 Å². The van der Waals surface area contributed by atoms with Crippen molar-refractivity contribution < 1.29 is 9.18 Å². The molecule has 0 saturated heterocycles. The summed E-state index contributed by atoms with van der Waals surface area (Å²) in [5, 5.41) is 13.0. The average Bonchev–Trinajstić information content (AvgIpc) is 3.03. The van der Waals surface area contributed by atoms with Gasteiger partial charge < -0.3 is 10.3 Å². The number of para-hydroxylation sites is 1. The molecule has 0 aliphatic heterocycles. The quantitative estimate of drug-likeness (QED) is 0.553. The van der Waals surface area contributed by atoms with Crippen molar-refractivity contribution in [1.29, 1.82) is 5.26 Å². The van der Waals surface area contributed by atoms with Crippen molar-refractivity contribution >= 4 is 22.9 Å². The van der Waals surface area contributed by atoms with Gasteiger partial charge in [-0.1, -0.05) is 30.3 Å². The fourth-order valence-electron chi connectivity index (χ4n) is 2.66. The number of amides is 1. The van der Waals surface area contributed by atoms with Gasteiger partial charge in [-0.05, 0) is 41.8 Å². The van der Waals surface area contributed by atoms with Gasteiger partial charge in [0.1, 0.15) is 17.5 Å². The minimum Gasteiger partial charge on any atom is -0.361 e. The predicted molar refractivity (Wildman–Crippen MR) is 95.0 cm³/mol. The lowest BCUT2D eigenvalue weighted by atomic mass is 10.1. The van der Waals surface area contributed by atoms with Gasteiger partial charge in [0.15, 0.2) is 0 Å². The number of H-pyrrole nitrogens is 1. The van der Waals surface area contributed by atoms with Crippen LogP contribution in [0.2, 0.25) is 0 Å². The molecule has 0 bridgehead atoms. The van der Waals surface area contributed by atoms with Crippen LogP contribution >= 0.6 is 0 Å². The third-order valence-electron chi connectivity index (χ3n) is 3.88. The third kappa shape index (κ3) is 3.93. The maximum atomic E-state index is 13.2. The summed E-state index contributed by atoms with van der Waals surface area (Å²) in [5.74, 6) is -0.877. The van der Waals surface area contributed by atoms with Crippen molar-refractivity contribution in [1.82, 2.24) is 10.3 Å². The Morgan fingerprint density at radius 2 is 2.08 bits per heavy atom. The third-order valence-corrected chi connectivity index (χ3v) is 3.88. The van der Waals surface area contributed by atoms with Gasteiger partial charge in [-0.2, -0.15) is 5.26 Å². The van der Waals surface area contributed by atoms with Crippen LogP contribution in [0.1, 0.15) is 11.1 Å². The molecule has 1 heterocycles. The molecule has 0 fully saturated rings. The Bertz CT molecular complexity index is 982. The number of halogens is 1. The molecule has 0 saturated carbocycles. The lowest BCUT2D eigenvalue weighted by Gasteiger charge is -2.04. The van der Waals surface area contributed by atoms with Crippen LogP contribution in [0.25, 0.3) is 17.0 Å². The van der Waals surface area contributed by atoms with E-state index >= 15 is 0 Å². The second-order valence-corrected chi connectivity index (χ2v) is 5.59. The Morgan fingerprint density at radius 1 is 1.24 bits per heavy atom. The van der Waals surface area contributed by atoms with Crippen LogP contribution in [0.3, 0.4) is 0 Å². The molecule has 3 aromatic rings. The van der Waals surface area contributed by atoms with Gasteiger partial charge in [-0.25, -0.2) is 4.39 Å². The van der Waals surface area contributed by atoms with Gasteiger partial charge in [-0.3, -0.25) is 4.79 Å². The van der Waals surface area contributed by atoms with Crippen molar-refractivity contribution in [2.24, 2.45) is 0 Å². The van der Waals surface area contributed by atoms with E-state index in [4.69, 9.17) is 0 Å². The minimum atomic E-state index is -0.466. The molecule has 1 aromatic heterocycles. The molecular weight excluding hydrogens is 317 g/mol. The molecule has 124 valence electrons. The summed E-state index contributed by atoms with van der Waals surface area (Å²) in [6.07, 6.45) is 3.95. The van der Waals surface area contributed by atoms with E-state index in [9.17, 15) is 14.4 Å². The molecule has 0 radical (unpaired) electrons. The number of benzene rings is 2. The largest absolute Gasteiger partial charge is 0.361 e. The highest BCUT2D eigenvalue weighted by molar-refractivity contribution is 6.01. The first-order valence-corrected chi connectivity index (χ1v) is 7.88. The van der Waals surface area contributed by atoms with Crippen molar-refractivity contribution in [2.45, 2.75) is 6.42 Å². The van der Waals surface area contributed by atoms with E-state index in [2.05, 4.69) is 10.3 Å². The highest BCUT2D eigenvalue weighted by Gasteiger charge is 2.09. The van der Waals surface area contributed by atoms with Crippen LogP contribution in [0.15, 0.2) is 60.3 Å². The van der Waals surface area contributed by atoms with Gasteiger partial charge >= 0.3 is 0 Å². The summed E-state index contributed by atoms with van der Waals surface area (Å²) >= 11 is 0. The Morgan fingerprint density at radius 3 is 2.88 bits per heavy atom. The van der Waals surface area contributed by atoms with Gasteiger partial charge in [-0.15, -0.1) is 0 Å². The molecular formula is C20H16FN3O. The van der Waals surface area contributed by atoms with Crippen molar-refractivity contribution in [3.05, 3.63) is 77.2 Å².